The summed E-state index contributed by atoms with van der Waals surface area (Å²) < 4.78 is 31.1. The van der Waals surface area contributed by atoms with Crippen LogP contribution in [0.15, 0.2) is 85.1 Å². The number of hydrogen-bond donors (Lipinski definition) is 3. The molecule has 6 rings (SSSR count). The van der Waals surface area contributed by atoms with Crippen molar-refractivity contribution in [3.05, 3.63) is 96.4 Å². The van der Waals surface area contributed by atoms with Gasteiger partial charge in [-0.05, 0) is 80.4 Å². The van der Waals surface area contributed by atoms with E-state index in [1.807, 2.05) is 30.5 Å². The molecule has 1 saturated heterocycles. The van der Waals surface area contributed by atoms with Gasteiger partial charge in [0.25, 0.3) is 5.91 Å². The van der Waals surface area contributed by atoms with E-state index in [1.165, 1.54) is 36.3 Å². The van der Waals surface area contributed by atoms with Crippen LogP contribution < -0.4 is 25.6 Å². The van der Waals surface area contributed by atoms with Gasteiger partial charge in [0.05, 0.1) is 25.0 Å². The number of benzene rings is 3. The number of fused-ring (bicyclic) bond motifs is 1. The number of ether oxygens (including phenoxy) is 3. The number of nitrogens with one attached hydrogen (secondary N) is 3. The quantitative estimate of drug-likeness (QED) is 0.161. The molecule has 3 amide bonds. The van der Waals surface area contributed by atoms with Gasteiger partial charge in [0.2, 0.25) is 5.95 Å². The fourth-order valence-electron chi connectivity index (χ4n) is 5.15. The zero-order valence-electron chi connectivity index (χ0n) is 27.2. The molecule has 0 bridgehead atoms. The standard InChI is InChI=1S/C35H34FN7O6/c1-35(2,3)49-33(45)40-30(22-5-10-24(36)11-6-22)31(44)37-25-12-7-21(8-13-25)23-9-16-29-39-32(41-43(29)20-23)38-27-15-14-26(19-28(27)47-4)42-17-18-48-34(42)46/h5-16,19-20,30H,17-18H2,1-4H3,(H,37,44)(H,38,41)(H,40,45). The van der Waals surface area contributed by atoms with Gasteiger partial charge in [0, 0.05) is 23.5 Å². The van der Waals surface area contributed by atoms with Crippen LogP contribution in [0.5, 0.6) is 5.75 Å². The molecule has 49 heavy (non-hydrogen) atoms. The first-order valence-electron chi connectivity index (χ1n) is 15.4. The Balaban J connectivity index is 1.15. The Morgan fingerprint density at radius 3 is 2.39 bits per heavy atom. The molecular weight excluding hydrogens is 633 g/mol. The highest BCUT2D eigenvalue weighted by molar-refractivity contribution is 5.97. The number of rotatable bonds is 9. The predicted octanol–water partition coefficient (Wildman–Crippen LogP) is 6.45. The molecule has 13 nitrogen and oxygen atoms in total. The second-order valence-corrected chi connectivity index (χ2v) is 12.1. The lowest BCUT2D eigenvalue weighted by Crippen LogP contribution is -2.40. The van der Waals surface area contributed by atoms with E-state index in [0.717, 1.165) is 11.1 Å². The van der Waals surface area contributed by atoms with Crippen LogP contribution in [0.1, 0.15) is 32.4 Å². The number of carbonyl (C=O) groups excluding carboxylic acids is 3. The van der Waals surface area contributed by atoms with E-state index in [2.05, 4.69) is 26.0 Å². The number of nitrogens with zero attached hydrogens (tertiary/aromatic N) is 4. The number of cyclic esters (lactones) is 1. The summed E-state index contributed by atoms with van der Waals surface area (Å²) in [5.74, 6) is -0.142. The van der Waals surface area contributed by atoms with E-state index in [9.17, 15) is 18.8 Å². The number of carbonyl (C=O) groups is 3. The maximum Gasteiger partial charge on any atom is 0.414 e. The number of halogens is 1. The third kappa shape index (κ3) is 7.70. The molecule has 3 heterocycles. The van der Waals surface area contributed by atoms with Crippen LogP contribution in [0.2, 0.25) is 0 Å². The molecule has 0 saturated carbocycles. The minimum absolute atomic E-state index is 0.337. The summed E-state index contributed by atoms with van der Waals surface area (Å²) in [6, 6.07) is 20.4. The average molecular weight is 668 g/mol. The molecule has 0 radical (unpaired) electrons. The van der Waals surface area contributed by atoms with Gasteiger partial charge in [0.15, 0.2) is 5.65 Å². The summed E-state index contributed by atoms with van der Waals surface area (Å²) >= 11 is 0. The molecule has 0 spiro atoms. The molecule has 1 atom stereocenters. The Morgan fingerprint density at radius 1 is 0.980 bits per heavy atom. The van der Waals surface area contributed by atoms with E-state index in [1.54, 1.807) is 55.6 Å². The van der Waals surface area contributed by atoms with Gasteiger partial charge in [-0.15, -0.1) is 5.10 Å². The molecule has 1 aliphatic heterocycles. The predicted molar refractivity (Wildman–Crippen MR) is 181 cm³/mol. The van der Waals surface area contributed by atoms with Crippen LogP contribution in [-0.4, -0.2) is 58.6 Å². The van der Waals surface area contributed by atoms with Crippen LogP contribution in [0.3, 0.4) is 0 Å². The summed E-state index contributed by atoms with van der Waals surface area (Å²) in [5.41, 5.74) is 3.69. The molecule has 2 aromatic heterocycles. The van der Waals surface area contributed by atoms with E-state index in [0.29, 0.717) is 53.1 Å². The average Bonchev–Trinajstić information content (AvgIpc) is 3.68. The van der Waals surface area contributed by atoms with Gasteiger partial charge in [-0.25, -0.2) is 18.5 Å². The van der Waals surface area contributed by atoms with E-state index in [4.69, 9.17) is 14.2 Å². The summed E-state index contributed by atoms with van der Waals surface area (Å²) in [6.07, 6.45) is 0.649. The lowest BCUT2D eigenvalue weighted by molar-refractivity contribution is -0.118. The van der Waals surface area contributed by atoms with E-state index in [-0.39, 0.29) is 0 Å². The molecule has 5 aromatic rings. The summed E-state index contributed by atoms with van der Waals surface area (Å²) in [5, 5.41) is 13.1. The van der Waals surface area contributed by atoms with Crippen molar-refractivity contribution in [3.63, 3.8) is 0 Å². The van der Waals surface area contributed by atoms with Crippen molar-refractivity contribution in [2.24, 2.45) is 0 Å². The van der Waals surface area contributed by atoms with Gasteiger partial charge >= 0.3 is 12.2 Å². The minimum atomic E-state index is -1.13. The third-order valence-corrected chi connectivity index (χ3v) is 7.45. The van der Waals surface area contributed by atoms with Crippen LogP contribution in [0.25, 0.3) is 16.8 Å². The van der Waals surface area contributed by atoms with Crippen LogP contribution in [0, 0.1) is 5.82 Å². The third-order valence-electron chi connectivity index (χ3n) is 7.45. The fraction of sp³-hybridized carbons (Fsp3) is 0.229. The second-order valence-electron chi connectivity index (χ2n) is 12.1. The highest BCUT2D eigenvalue weighted by atomic mass is 19.1. The number of aromatic nitrogens is 3. The Labute approximate surface area is 281 Å². The largest absolute Gasteiger partial charge is 0.494 e. The van der Waals surface area contributed by atoms with Crippen molar-refractivity contribution in [1.29, 1.82) is 0 Å². The maximum absolute atomic E-state index is 13.6. The van der Waals surface area contributed by atoms with Crippen molar-refractivity contribution in [2.75, 3.05) is 35.8 Å². The van der Waals surface area contributed by atoms with E-state index < -0.39 is 35.6 Å². The molecule has 3 N–H and O–H groups in total. The number of alkyl carbamates (subject to hydrolysis) is 1. The lowest BCUT2D eigenvalue weighted by atomic mass is 10.1. The first-order chi connectivity index (χ1) is 23.5. The first kappa shape index (κ1) is 32.7. The molecule has 252 valence electrons. The van der Waals surface area contributed by atoms with E-state index >= 15 is 0 Å². The zero-order chi connectivity index (χ0) is 34.7. The first-order valence-corrected chi connectivity index (χ1v) is 15.4. The lowest BCUT2D eigenvalue weighted by Gasteiger charge is -2.23. The summed E-state index contributed by atoms with van der Waals surface area (Å²) in [4.78, 5) is 43.9. The maximum atomic E-state index is 13.6. The normalized spacial score (nSPS) is 13.5. The summed E-state index contributed by atoms with van der Waals surface area (Å²) in [6.45, 7) is 5.95. The van der Waals surface area contributed by atoms with Crippen molar-refractivity contribution < 1.29 is 33.0 Å². The molecule has 1 fully saturated rings. The Hall–Kier alpha value is -6.18. The summed E-state index contributed by atoms with van der Waals surface area (Å²) in [7, 11) is 1.54. The molecular formula is C35H34FN7O6. The number of amides is 3. The minimum Gasteiger partial charge on any atom is -0.494 e. The SMILES string of the molecule is COc1cc(N2CCOC2=O)ccc1Nc1nc2ccc(-c3ccc(NC(=O)C(NC(=O)OC(C)(C)C)c4ccc(F)cc4)cc3)cn2n1. The Kier molecular flexibility index (Phi) is 9.03. The number of hydrogen-bond acceptors (Lipinski definition) is 9. The highest BCUT2D eigenvalue weighted by Gasteiger charge is 2.27. The Morgan fingerprint density at radius 2 is 1.71 bits per heavy atom. The van der Waals surface area contributed by atoms with Gasteiger partial charge in [-0.1, -0.05) is 24.3 Å². The fourth-order valence-corrected chi connectivity index (χ4v) is 5.15. The Bertz CT molecular complexity index is 2010. The van der Waals surface area contributed by atoms with Crippen LogP contribution in [0.4, 0.5) is 37.0 Å². The van der Waals surface area contributed by atoms with Crippen molar-refractivity contribution >= 4 is 46.8 Å². The monoisotopic (exact) mass is 667 g/mol. The topological polar surface area (TPSA) is 148 Å². The van der Waals surface area contributed by atoms with Crippen molar-refractivity contribution in [1.82, 2.24) is 19.9 Å². The molecule has 1 aliphatic rings. The van der Waals surface area contributed by atoms with Gasteiger partial charge in [-0.2, -0.15) is 4.98 Å². The highest BCUT2D eigenvalue weighted by Crippen LogP contribution is 2.33. The van der Waals surface area contributed by atoms with Gasteiger partial charge in [0.1, 0.15) is 29.8 Å². The van der Waals surface area contributed by atoms with Crippen LogP contribution >= 0.6 is 0 Å². The number of anilines is 4. The molecule has 14 heteroatoms. The molecule has 0 aliphatic carbocycles. The van der Waals surface area contributed by atoms with Crippen LogP contribution in [-0.2, 0) is 14.3 Å². The smallest absolute Gasteiger partial charge is 0.414 e. The van der Waals surface area contributed by atoms with Crippen molar-refractivity contribution in [3.8, 4) is 16.9 Å². The van der Waals surface area contributed by atoms with Gasteiger partial charge < -0.3 is 30.2 Å². The second kappa shape index (κ2) is 13.5. The zero-order valence-corrected chi connectivity index (χ0v) is 27.2. The number of pyridine rings is 1. The number of methoxy groups -OCH3 is 1. The van der Waals surface area contributed by atoms with Crippen molar-refractivity contribution in [2.45, 2.75) is 32.4 Å². The molecule has 1 unspecified atom stereocenters. The van der Waals surface area contributed by atoms with Gasteiger partial charge in [-0.3, -0.25) is 9.69 Å². The molecule has 3 aromatic carbocycles.